The molecule has 0 aliphatic heterocycles. The highest BCUT2D eigenvalue weighted by molar-refractivity contribution is 7.09. The first-order valence-electron chi connectivity index (χ1n) is 5.10. The van der Waals surface area contributed by atoms with Crippen LogP contribution in [0.5, 0.6) is 0 Å². The van der Waals surface area contributed by atoms with E-state index in [0.29, 0.717) is 12.1 Å². The molecule has 1 aromatic heterocycles. The van der Waals surface area contributed by atoms with Crippen LogP contribution in [0.2, 0.25) is 0 Å². The highest BCUT2D eigenvalue weighted by Gasteiger charge is 2.25. The monoisotopic (exact) mass is 211 g/mol. The van der Waals surface area contributed by atoms with Gasteiger partial charge in [0.15, 0.2) is 0 Å². The second kappa shape index (κ2) is 4.38. The van der Waals surface area contributed by atoms with E-state index in [-0.39, 0.29) is 0 Å². The molecule has 0 aromatic carbocycles. The average molecular weight is 211 g/mol. The van der Waals surface area contributed by atoms with Crippen molar-refractivity contribution in [2.45, 2.75) is 37.9 Å². The first-order chi connectivity index (χ1) is 6.75. The molecular formula is C10H17N3S. The van der Waals surface area contributed by atoms with Crippen molar-refractivity contribution in [3.05, 3.63) is 16.6 Å². The Hall–Kier alpha value is -0.450. The third-order valence-electron chi connectivity index (χ3n) is 2.94. The lowest BCUT2D eigenvalue weighted by atomic mass is 10.2. The zero-order valence-corrected chi connectivity index (χ0v) is 9.33. The van der Waals surface area contributed by atoms with E-state index in [4.69, 9.17) is 5.73 Å². The average Bonchev–Trinajstić information content (AvgIpc) is 2.75. The summed E-state index contributed by atoms with van der Waals surface area (Å²) in [6.07, 6.45) is 5.42. The van der Waals surface area contributed by atoms with E-state index in [9.17, 15) is 0 Å². The highest BCUT2D eigenvalue weighted by Crippen LogP contribution is 2.23. The number of rotatable bonds is 3. The minimum Gasteiger partial charge on any atom is -0.328 e. The molecule has 1 aromatic rings. The van der Waals surface area contributed by atoms with Crippen molar-refractivity contribution >= 4 is 11.3 Å². The van der Waals surface area contributed by atoms with E-state index in [1.807, 2.05) is 11.6 Å². The number of thiazole rings is 1. The Morgan fingerprint density at radius 2 is 2.50 bits per heavy atom. The molecule has 78 valence electrons. The summed E-state index contributed by atoms with van der Waals surface area (Å²) in [6, 6.07) is 1.08. The Balaban J connectivity index is 1.87. The van der Waals surface area contributed by atoms with Crippen molar-refractivity contribution in [3.63, 3.8) is 0 Å². The molecule has 2 atom stereocenters. The van der Waals surface area contributed by atoms with Crippen LogP contribution in [0.15, 0.2) is 11.6 Å². The molecule has 0 bridgehead atoms. The van der Waals surface area contributed by atoms with Gasteiger partial charge in [0.05, 0.1) is 6.54 Å². The maximum Gasteiger partial charge on any atom is 0.107 e. The molecular weight excluding hydrogens is 194 g/mol. The van der Waals surface area contributed by atoms with Crippen LogP contribution in [0.25, 0.3) is 0 Å². The zero-order chi connectivity index (χ0) is 9.97. The Kier molecular flexibility index (Phi) is 3.15. The van der Waals surface area contributed by atoms with Crippen molar-refractivity contribution in [3.8, 4) is 0 Å². The third kappa shape index (κ3) is 2.32. The second-order valence-corrected chi connectivity index (χ2v) is 5.05. The summed E-state index contributed by atoms with van der Waals surface area (Å²) in [5.74, 6) is 0. The van der Waals surface area contributed by atoms with Crippen LogP contribution in [0.4, 0.5) is 0 Å². The quantitative estimate of drug-likeness (QED) is 0.823. The van der Waals surface area contributed by atoms with E-state index in [1.165, 1.54) is 17.8 Å². The van der Waals surface area contributed by atoms with Crippen molar-refractivity contribution in [2.75, 3.05) is 7.05 Å². The predicted molar refractivity (Wildman–Crippen MR) is 59.2 cm³/mol. The van der Waals surface area contributed by atoms with Crippen molar-refractivity contribution < 1.29 is 0 Å². The molecule has 1 heterocycles. The van der Waals surface area contributed by atoms with Gasteiger partial charge < -0.3 is 5.73 Å². The molecule has 0 spiro atoms. The summed E-state index contributed by atoms with van der Waals surface area (Å²) in [7, 11) is 2.17. The fraction of sp³-hybridized carbons (Fsp3) is 0.700. The number of nitrogens with zero attached hydrogens (tertiary/aromatic N) is 2. The van der Waals surface area contributed by atoms with Gasteiger partial charge in [0.1, 0.15) is 5.01 Å². The van der Waals surface area contributed by atoms with E-state index in [1.54, 1.807) is 11.3 Å². The lowest BCUT2D eigenvalue weighted by molar-refractivity contribution is 0.235. The van der Waals surface area contributed by atoms with Crippen LogP contribution in [-0.2, 0) is 6.54 Å². The van der Waals surface area contributed by atoms with Crippen LogP contribution in [0.1, 0.15) is 24.3 Å². The Morgan fingerprint density at radius 3 is 3.07 bits per heavy atom. The number of nitrogens with two attached hydrogens (primary N) is 1. The molecule has 1 aliphatic carbocycles. The van der Waals surface area contributed by atoms with E-state index in [2.05, 4.69) is 16.9 Å². The normalized spacial score (nSPS) is 27.4. The van der Waals surface area contributed by atoms with Gasteiger partial charge in [-0.25, -0.2) is 4.98 Å². The van der Waals surface area contributed by atoms with Gasteiger partial charge >= 0.3 is 0 Å². The van der Waals surface area contributed by atoms with Gasteiger partial charge in [-0.1, -0.05) is 0 Å². The third-order valence-corrected chi connectivity index (χ3v) is 3.70. The van der Waals surface area contributed by atoms with Gasteiger partial charge in [0.25, 0.3) is 0 Å². The molecule has 1 aliphatic rings. The van der Waals surface area contributed by atoms with Gasteiger partial charge in [-0.05, 0) is 26.3 Å². The smallest absolute Gasteiger partial charge is 0.107 e. The Labute approximate surface area is 88.9 Å². The van der Waals surface area contributed by atoms with Crippen molar-refractivity contribution in [2.24, 2.45) is 5.73 Å². The summed E-state index contributed by atoms with van der Waals surface area (Å²) in [6.45, 7) is 0.967. The van der Waals surface area contributed by atoms with Crippen molar-refractivity contribution in [1.29, 1.82) is 0 Å². The summed E-state index contributed by atoms with van der Waals surface area (Å²) in [4.78, 5) is 6.67. The van der Waals surface area contributed by atoms with Gasteiger partial charge in [-0.3, -0.25) is 4.90 Å². The number of hydrogen-bond acceptors (Lipinski definition) is 4. The second-order valence-electron chi connectivity index (χ2n) is 4.07. The van der Waals surface area contributed by atoms with E-state index >= 15 is 0 Å². The molecule has 14 heavy (non-hydrogen) atoms. The minimum atomic E-state index is 0.416. The molecule has 1 saturated carbocycles. The Morgan fingerprint density at radius 1 is 1.64 bits per heavy atom. The predicted octanol–water partition coefficient (Wildman–Crippen LogP) is 1.45. The lowest BCUT2D eigenvalue weighted by Gasteiger charge is -2.22. The summed E-state index contributed by atoms with van der Waals surface area (Å²) in [5, 5.41) is 3.23. The van der Waals surface area contributed by atoms with E-state index < -0.39 is 0 Å². The summed E-state index contributed by atoms with van der Waals surface area (Å²) >= 11 is 1.73. The molecule has 1 fully saturated rings. The van der Waals surface area contributed by atoms with Crippen molar-refractivity contribution in [1.82, 2.24) is 9.88 Å². The fourth-order valence-corrected chi connectivity index (χ4v) is 2.74. The molecule has 0 saturated heterocycles. The largest absolute Gasteiger partial charge is 0.328 e. The van der Waals surface area contributed by atoms with Gasteiger partial charge in [-0.15, -0.1) is 11.3 Å². The van der Waals surface area contributed by atoms with Crippen LogP contribution in [0, 0.1) is 0 Å². The molecule has 4 heteroatoms. The van der Waals surface area contributed by atoms with Gasteiger partial charge in [0, 0.05) is 23.7 Å². The zero-order valence-electron chi connectivity index (χ0n) is 8.52. The van der Waals surface area contributed by atoms with E-state index in [0.717, 1.165) is 13.0 Å². The lowest BCUT2D eigenvalue weighted by Crippen LogP contribution is -2.30. The minimum absolute atomic E-state index is 0.416. The topological polar surface area (TPSA) is 42.2 Å². The molecule has 2 rings (SSSR count). The molecule has 0 radical (unpaired) electrons. The molecule has 3 nitrogen and oxygen atoms in total. The van der Waals surface area contributed by atoms with Gasteiger partial charge in [-0.2, -0.15) is 0 Å². The maximum absolute atomic E-state index is 5.90. The molecule has 0 amide bonds. The van der Waals surface area contributed by atoms with Crippen LogP contribution < -0.4 is 5.73 Å². The fourth-order valence-electron chi connectivity index (χ4n) is 2.07. The number of aromatic nitrogens is 1. The van der Waals surface area contributed by atoms with Crippen LogP contribution in [-0.4, -0.2) is 29.0 Å². The molecule has 2 N–H and O–H groups in total. The first-order valence-corrected chi connectivity index (χ1v) is 5.98. The highest BCUT2D eigenvalue weighted by atomic mass is 32.1. The summed E-state index contributed by atoms with van der Waals surface area (Å²) in [5.41, 5.74) is 5.90. The maximum atomic E-state index is 5.90. The Bertz CT molecular complexity index is 273. The summed E-state index contributed by atoms with van der Waals surface area (Å²) < 4.78 is 0. The SMILES string of the molecule is CN(Cc1nccs1)C1CCC(N)C1. The standard InChI is InChI=1S/C10H17N3S/c1-13(7-10-12-4-5-14-10)9-3-2-8(11)6-9/h4-5,8-9H,2-3,6-7,11H2,1H3. The van der Waals surface area contributed by atoms with Crippen LogP contribution >= 0.6 is 11.3 Å². The van der Waals surface area contributed by atoms with Gasteiger partial charge in [0.2, 0.25) is 0 Å². The van der Waals surface area contributed by atoms with Crippen LogP contribution in [0.3, 0.4) is 0 Å². The molecule has 2 unspecified atom stereocenters. The first kappa shape index (κ1) is 10.1. The number of hydrogen-bond donors (Lipinski definition) is 1.